The normalized spacial score (nSPS) is 46.8. The number of halogens is 1. The molecule has 5 fully saturated rings. The second-order valence-corrected chi connectivity index (χ2v) is 14.4. The van der Waals surface area contributed by atoms with Crippen LogP contribution in [0.5, 0.6) is 11.5 Å². The number of hydrogen-bond donors (Lipinski definition) is 3. The fraction of sp³-hybridized carbons (Fsp3) is 0.562. The molecule has 2 spiro atoms. The first-order valence-corrected chi connectivity index (χ1v) is 15.1. The molecule has 2 saturated heterocycles. The summed E-state index contributed by atoms with van der Waals surface area (Å²) in [7, 11) is 1.20. The van der Waals surface area contributed by atoms with Crippen LogP contribution in [0.25, 0.3) is 0 Å². The molecule has 1 aromatic rings. The van der Waals surface area contributed by atoms with E-state index >= 15 is 0 Å². The third-order valence-corrected chi connectivity index (χ3v) is 12.0. The van der Waals surface area contributed by atoms with E-state index in [0.29, 0.717) is 23.1 Å². The van der Waals surface area contributed by atoms with E-state index in [4.69, 9.17) is 40.3 Å². The van der Waals surface area contributed by atoms with Crippen molar-refractivity contribution in [2.75, 3.05) is 7.11 Å². The standard InChI is InChI=1S/C32H33ClO11/c1-14(2)6-7-29-23-16(10-19(35)24(29)41-29)17-11-27(4)13-28(26(38)39-5)12-21(36)30(27,33)31(17,44-43-23)32(28)40-20-9-15(3)8-18(34)22(20)25(37)42-32/h6,8-11,19,21,23-24,34-36H,7,12-13H2,1-5H3/t19-,21+,23+,24-,27-,28-,29+,30-,31+,32?/m0/s1. The Hall–Kier alpha value is -2.93. The van der Waals surface area contributed by atoms with Crippen molar-refractivity contribution in [2.24, 2.45) is 10.8 Å². The summed E-state index contributed by atoms with van der Waals surface area (Å²) in [6, 6.07) is 2.94. The lowest BCUT2D eigenvalue weighted by molar-refractivity contribution is -0.480. The van der Waals surface area contributed by atoms with E-state index in [1.165, 1.54) is 13.2 Å². The van der Waals surface area contributed by atoms with Gasteiger partial charge in [0.15, 0.2) is 5.41 Å². The molecule has 1 unspecified atom stereocenters. The first-order valence-electron chi connectivity index (χ1n) is 14.7. The van der Waals surface area contributed by atoms with Crippen molar-refractivity contribution in [3.05, 3.63) is 58.2 Å². The van der Waals surface area contributed by atoms with Crippen LogP contribution in [-0.2, 0) is 28.8 Å². The lowest BCUT2D eigenvalue weighted by atomic mass is 9.42. The van der Waals surface area contributed by atoms with Crippen molar-refractivity contribution >= 4 is 23.5 Å². The maximum atomic E-state index is 14.0. The molecule has 1 aromatic carbocycles. The number of aryl methyl sites for hydroxylation is 1. The van der Waals surface area contributed by atoms with Crippen LogP contribution < -0.4 is 4.74 Å². The number of carbonyl (C=O) groups is 2. The molecule has 9 rings (SSSR count). The van der Waals surface area contributed by atoms with Gasteiger partial charge < -0.3 is 34.3 Å². The van der Waals surface area contributed by atoms with Crippen LogP contribution in [0.15, 0.2) is 47.1 Å². The number of rotatable bonds is 3. The number of alkyl halides is 1. The largest absolute Gasteiger partial charge is 0.507 e. The Kier molecular flexibility index (Phi) is 5.36. The number of aliphatic hydroxyl groups is 2. The third-order valence-electron chi connectivity index (χ3n) is 11.0. The SMILES string of the molecule is COC(=O)[C@@]12C[C@@H](O)[C@]3(Cl)[C@@](C)(C=C4C5=C[C@H](O)[C@@H]6O[C@]6(CC=C(C)C)[C@@H]5OO[C@]43C13OC(=O)c1c(O)cc(C)cc1O3)C2. The highest BCUT2D eigenvalue weighted by Gasteiger charge is 2.96. The molecule has 4 bridgehead atoms. The van der Waals surface area contributed by atoms with Crippen LogP contribution >= 0.6 is 11.6 Å². The minimum atomic E-state index is -2.37. The number of aromatic hydroxyl groups is 1. The van der Waals surface area contributed by atoms with Crippen molar-refractivity contribution < 1.29 is 53.6 Å². The molecule has 0 amide bonds. The number of methoxy groups -OCH3 is 1. The van der Waals surface area contributed by atoms with Gasteiger partial charge in [-0.3, -0.25) is 4.79 Å². The number of carbonyl (C=O) groups excluding carboxylic acids is 2. The van der Waals surface area contributed by atoms with Gasteiger partial charge in [0, 0.05) is 11.8 Å². The molecule has 11 nitrogen and oxygen atoms in total. The Morgan fingerprint density at radius 2 is 1.98 bits per heavy atom. The Morgan fingerprint density at radius 1 is 1.23 bits per heavy atom. The van der Waals surface area contributed by atoms with Gasteiger partial charge in [0.2, 0.25) is 5.60 Å². The molecule has 0 radical (unpaired) electrons. The number of phenols is 1. The van der Waals surface area contributed by atoms with Crippen molar-refractivity contribution in [2.45, 2.75) is 93.2 Å². The van der Waals surface area contributed by atoms with Crippen LogP contribution in [-0.4, -0.2) is 80.6 Å². The minimum absolute atomic E-state index is 0.0508. The van der Waals surface area contributed by atoms with Gasteiger partial charge in [-0.2, -0.15) is 0 Å². The predicted octanol–water partition coefficient (Wildman–Crippen LogP) is 3.06. The van der Waals surface area contributed by atoms with Crippen molar-refractivity contribution in [3.8, 4) is 11.5 Å². The molecular weight excluding hydrogens is 596 g/mol. The van der Waals surface area contributed by atoms with Gasteiger partial charge in [-0.05, 0) is 68.5 Å². The number of aliphatic hydroxyl groups excluding tert-OH is 2. The van der Waals surface area contributed by atoms with E-state index in [1.54, 1.807) is 26.0 Å². The summed E-state index contributed by atoms with van der Waals surface area (Å²) in [5, 5.41) is 33.8. The summed E-state index contributed by atoms with van der Waals surface area (Å²) in [5.74, 6) is -4.58. The van der Waals surface area contributed by atoms with E-state index in [-0.39, 0.29) is 29.9 Å². The highest BCUT2D eigenvalue weighted by Crippen LogP contribution is 2.81. The van der Waals surface area contributed by atoms with Gasteiger partial charge >= 0.3 is 17.7 Å². The van der Waals surface area contributed by atoms with Crippen molar-refractivity contribution in [1.82, 2.24) is 0 Å². The zero-order chi connectivity index (χ0) is 31.4. The molecule has 3 N–H and O–H groups in total. The third kappa shape index (κ3) is 2.81. The highest BCUT2D eigenvalue weighted by molar-refractivity contribution is 6.28. The number of epoxide rings is 1. The Labute approximate surface area is 257 Å². The summed E-state index contributed by atoms with van der Waals surface area (Å²) < 4.78 is 24.3. The number of fused-ring (bicyclic) bond motifs is 6. The number of benzene rings is 1. The van der Waals surface area contributed by atoms with Gasteiger partial charge in [-0.15, -0.1) is 11.6 Å². The van der Waals surface area contributed by atoms with Crippen LogP contribution in [0.4, 0.5) is 0 Å². The van der Waals surface area contributed by atoms with Gasteiger partial charge in [0.1, 0.15) is 45.8 Å². The van der Waals surface area contributed by atoms with Gasteiger partial charge in [-0.1, -0.05) is 24.6 Å². The van der Waals surface area contributed by atoms with Crippen molar-refractivity contribution in [1.29, 1.82) is 0 Å². The molecule has 12 heteroatoms. The number of allylic oxidation sites excluding steroid dienone is 2. The van der Waals surface area contributed by atoms with Crippen LogP contribution in [0.3, 0.4) is 0 Å². The number of ether oxygens (including phenoxy) is 4. The zero-order valence-electron chi connectivity index (χ0n) is 24.8. The summed E-state index contributed by atoms with van der Waals surface area (Å²) in [5.41, 5.74) is -3.88. The molecule has 0 aromatic heterocycles. The quantitative estimate of drug-likeness (QED) is 0.149. The molecule has 234 valence electrons. The maximum absolute atomic E-state index is 14.0. The molecule has 3 saturated carbocycles. The number of esters is 2. The molecule has 44 heavy (non-hydrogen) atoms. The minimum Gasteiger partial charge on any atom is -0.507 e. The average molecular weight is 629 g/mol. The second kappa shape index (κ2) is 8.26. The van der Waals surface area contributed by atoms with Crippen LogP contribution in [0.1, 0.15) is 56.0 Å². The van der Waals surface area contributed by atoms with Crippen molar-refractivity contribution in [3.63, 3.8) is 0 Å². The lowest BCUT2D eigenvalue weighted by Crippen LogP contribution is -2.90. The van der Waals surface area contributed by atoms with Gasteiger partial charge in [0.05, 0.1) is 13.2 Å². The summed E-state index contributed by atoms with van der Waals surface area (Å²) in [6.45, 7) is 7.41. The smallest absolute Gasteiger partial charge is 0.349 e. The molecular formula is C32H33ClO11. The van der Waals surface area contributed by atoms with Crippen LogP contribution in [0.2, 0.25) is 0 Å². The Morgan fingerprint density at radius 3 is 2.68 bits per heavy atom. The topological polar surface area (TPSA) is 154 Å². The fourth-order valence-corrected chi connectivity index (χ4v) is 9.71. The van der Waals surface area contributed by atoms with E-state index in [9.17, 15) is 24.9 Å². The molecule has 5 aliphatic carbocycles. The van der Waals surface area contributed by atoms with E-state index in [2.05, 4.69) is 0 Å². The van der Waals surface area contributed by atoms with E-state index in [1.807, 2.05) is 26.0 Å². The Bertz CT molecular complexity index is 1660. The molecule has 3 heterocycles. The average Bonchev–Trinajstić information content (AvgIpc) is 3.66. The summed E-state index contributed by atoms with van der Waals surface area (Å²) in [4.78, 5) is 38.8. The highest BCUT2D eigenvalue weighted by atomic mass is 35.5. The summed E-state index contributed by atoms with van der Waals surface area (Å²) >= 11 is 7.63. The number of hydrogen-bond acceptors (Lipinski definition) is 11. The molecule has 3 aliphatic heterocycles. The first-order chi connectivity index (χ1) is 20.7. The summed E-state index contributed by atoms with van der Waals surface area (Å²) in [6.07, 6.45) is 1.71. The Balaban J connectivity index is 1.40. The monoisotopic (exact) mass is 628 g/mol. The first kappa shape index (κ1) is 28.5. The second-order valence-electron chi connectivity index (χ2n) is 13.8. The van der Waals surface area contributed by atoms with Gasteiger partial charge in [-0.25, -0.2) is 14.6 Å². The van der Waals surface area contributed by atoms with Gasteiger partial charge in [0.25, 0.3) is 0 Å². The maximum Gasteiger partial charge on any atom is 0.349 e. The lowest BCUT2D eigenvalue weighted by Gasteiger charge is -2.71. The van der Waals surface area contributed by atoms with E-state index in [0.717, 1.165) is 5.57 Å². The molecule has 10 atom stereocenters. The van der Waals surface area contributed by atoms with E-state index < -0.39 is 69.0 Å². The number of phenolic OH excluding ortho intramolecular Hbond substituents is 1. The van der Waals surface area contributed by atoms with Crippen LogP contribution in [0, 0.1) is 17.8 Å². The molecule has 8 aliphatic rings. The zero-order valence-corrected chi connectivity index (χ0v) is 25.6. The fourth-order valence-electron chi connectivity index (χ4n) is 9.26. The predicted molar refractivity (Wildman–Crippen MR) is 151 cm³/mol.